The monoisotopic (exact) mass is 249 g/mol. The minimum Gasteiger partial charge on any atom is -0.480 e. The van der Waals surface area contributed by atoms with E-state index < -0.39 is 11.5 Å². The van der Waals surface area contributed by atoms with Crippen molar-refractivity contribution >= 4 is 5.97 Å². The second kappa shape index (κ2) is 5.53. The van der Waals surface area contributed by atoms with E-state index in [4.69, 9.17) is 5.11 Å². The summed E-state index contributed by atoms with van der Waals surface area (Å²) in [4.78, 5) is 13.0. The summed E-state index contributed by atoms with van der Waals surface area (Å²) in [5, 5.41) is 9.16. The number of hydrogen-bond donors (Lipinski definition) is 1. The number of carboxylic acids is 1. The average Bonchev–Trinajstić information content (AvgIpc) is 2.27. The maximum Gasteiger partial charge on any atom is 0.323 e. The van der Waals surface area contributed by atoms with Gasteiger partial charge in [0.2, 0.25) is 0 Å². The lowest BCUT2D eigenvalue weighted by Gasteiger charge is -2.31. The van der Waals surface area contributed by atoms with E-state index in [0.29, 0.717) is 0 Å². The lowest BCUT2D eigenvalue weighted by molar-refractivity contribution is -0.148. The summed E-state index contributed by atoms with van der Waals surface area (Å²) < 4.78 is 0. The molecule has 0 saturated heterocycles. The summed E-state index contributed by atoms with van der Waals surface area (Å²) in [5.41, 5.74) is 3.00. The Morgan fingerprint density at radius 2 is 1.94 bits per heavy atom. The Labute approximate surface area is 109 Å². The van der Waals surface area contributed by atoms with Crippen molar-refractivity contribution in [1.82, 2.24) is 4.90 Å². The highest BCUT2D eigenvalue weighted by Gasteiger charge is 2.31. The average molecular weight is 249 g/mol. The van der Waals surface area contributed by atoms with Gasteiger partial charge >= 0.3 is 5.97 Å². The van der Waals surface area contributed by atoms with Crippen LogP contribution in [0.5, 0.6) is 0 Å². The first kappa shape index (κ1) is 14.7. The third kappa shape index (κ3) is 3.33. The van der Waals surface area contributed by atoms with Crippen molar-refractivity contribution in [2.45, 2.75) is 39.7 Å². The first-order valence-corrected chi connectivity index (χ1v) is 6.26. The smallest absolute Gasteiger partial charge is 0.323 e. The zero-order valence-corrected chi connectivity index (χ0v) is 11.9. The molecule has 3 heteroatoms. The van der Waals surface area contributed by atoms with E-state index in [-0.39, 0.29) is 0 Å². The molecule has 0 atom stereocenters. The quantitative estimate of drug-likeness (QED) is 0.872. The van der Waals surface area contributed by atoms with Crippen LogP contribution in [0, 0.1) is 13.8 Å². The lowest BCUT2D eigenvalue weighted by Crippen LogP contribution is -2.48. The van der Waals surface area contributed by atoms with E-state index in [1.165, 1.54) is 16.7 Å². The third-order valence-corrected chi connectivity index (χ3v) is 3.69. The standard InChI is InChI=1S/C15H23NO2/c1-11-6-7-13(12(2)10-11)8-9-16(5)15(3,4)14(17)18/h6-7,10H,8-9H2,1-5H3,(H,17,18). The Bertz CT molecular complexity index is 438. The Morgan fingerprint density at radius 3 is 2.44 bits per heavy atom. The molecule has 18 heavy (non-hydrogen) atoms. The van der Waals surface area contributed by atoms with Crippen molar-refractivity contribution in [1.29, 1.82) is 0 Å². The molecule has 0 spiro atoms. The van der Waals surface area contributed by atoms with Crippen LogP contribution in [0.2, 0.25) is 0 Å². The molecule has 1 aromatic carbocycles. The molecule has 0 radical (unpaired) electrons. The Hall–Kier alpha value is -1.35. The van der Waals surface area contributed by atoms with Gasteiger partial charge in [0.1, 0.15) is 5.54 Å². The molecule has 0 fully saturated rings. The number of aliphatic carboxylic acids is 1. The summed E-state index contributed by atoms with van der Waals surface area (Å²) in [6.07, 6.45) is 0.874. The number of carbonyl (C=O) groups is 1. The van der Waals surface area contributed by atoms with Gasteiger partial charge in [-0.3, -0.25) is 9.69 Å². The molecular weight excluding hydrogens is 226 g/mol. The van der Waals surface area contributed by atoms with E-state index >= 15 is 0 Å². The van der Waals surface area contributed by atoms with Crippen molar-refractivity contribution < 1.29 is 9.90 Å². The topological polar surface area (TPSA) is 40.5 Å². The van der Waals surface area contributed by atoms with Gasteiger partial charge in [-0.1, -0.05) is 23.8 Å². The molecule has 1 rings (SSSR count). The molecule has 0 aliphatic carbocycles. The van der Waals surface area contributed by atoms with Gasteiger partial charge in [-0.15, -0.1) is 0 Å². The molecule has 0 saturated carbocycles. The fraction of sp³-hybridized carbons (Fsp3) is 0.533. The summed E-state index contributed by atoms with van der Waals surface area (Å²) in [5.74, 6) is -0.786. The molecule has 1 aromatic rings. The maximum absolute atomic E-state index is 11.1. The van der Waals surface area contributed by atoms with E-state index in [0.717, 1.165) is 13.0 Å². The number of benzene rings is 1. The summed E-state index contributed by atoms with van der Waals surface area (Å²) in [7, 11) is 1.86. The third-order valence-electron chi connectivity index (χ3n) is 3.69. The van der Waals surface area contributed by atoms with E-state index in [2.05, 4.69) is 32.0 Å². The minimum absolute atomic E-state index is 0.739. The Balaban J connectivity index is 2.68. The highest BCUT2D eigenvalue weighted by atomic mass is 16.4. The number of nitrogens with zero attached hydrogens (tertiary/aromatic N) is 1. The number of aryl methyl sites for hydroxylation is 2. The molecular formula is C15H23NO2. The van der Waals surface area contributed by atoms with Crippen LogP contribution in [0.15, 0.2) is 18.2 Å². The SMILES string of the molecule is Cc1ccc(CCN(C)C(C)(C)C(=O)O)c(C)c1. The van der Waals surface area contributed by atoms with E-state index in [1.807, 2.05) is 11.9 Å². The van der Waals surface area contributed by atoms with Gasteiger partial charge in [0.15, 0.2) is 0 Å². The maximum atomic E-state index is 11.1. The first-order valence-electron chi connectivity index (χ1n) is 6.26. The van der Waals surface area contributed by atoms with E-state index in [9.17, 15) is 4.79 Å². The Kier molecular flexibility index (Phi) is 4.52. The molecule has 0 heterocycles. The van der Waals surface area contributed by atoms with Crippen LogP contribution in [0.3, 0.4) is 0 Å². The molecule has 0 aromatic heterocycles. The van der Waals surface area contributed by atoms with Crippen LogP contribution in [0.25, 0.3) is 0 Å². The van der Waals surface area contributed by atoms with Crippen molar-refractivity contribution in [2.75, 3.05) is 13.6 Å². The number of hydrogen-bond acceptors (Lipinski definition) is 2. The molecule has 0 aliphatic heterocycles. The van der Waals surface area contributed by atoms with Crippen LogP contribution in [-0.2, 0) is 11.2 Å². The van der Waals surface area contributed by atoms with Gasteiger partial charge < -0.3 is 5.11 Å². The zero-order valence-electron chi connectivity index (χ0n) is 11.9. The van der Waals surface area contributed by atoms with Crippen molar-refractivity contribution in [2.24, 2.45) is 0 Å². The molecule has 3 nitrogen and oxygen atoms in total. The number of rotatable bonds is 5. The summed E-state index contributed by atoms with van der Waals surface area (Å²) >= 11 is 0. The molecule has 0 unspecified atom stereocenters. The molecule has 0 bridgehead atoms. The van der Waals surface area contributed by atoms with Crippen molar-refractivity contribution in [3.63, 3.8) is 0 Å². The fourth-order valence-corrected chi connectivity index (χ4v) is 1.86. The second-order valence-corrected chi connectivity index (χ2v) is 5.47. The van der Waals surface area contributed by atoms with Crippen LogP contribution in [0.1, 0.15) is 30.5 Å². The summed E-state index contributed by atoms with van der Waals surface area (Å²) in [6.45, 7) is 8.39. The van der Waals surface area contributed by atoms with Crippen LogP contribution in [-0.4, -0.2) is 35.1 Å². The Morgan fingerprint density at radius 1 is 1.33 bits per heavy atom. The van der Waals surface area contributed by atoms with Crippen molar-refractivity contribution in [3.8, 4) is 0 Å². The second-order valence-electron chi connectivity index (χ2n) is 5.47. The molecule has 0 amide bonds. The van der Waals surface area contributed by atoms with Gasteiger partial charge in [-0.25, -0.2) is 0 Å². The van der Waals surface area contributed by atoms with Crippen LogP contribution in [0.4, 0.5) is 0 Å². The van der Waals surface area contributed by atoms with Gasteiger partial charge in [-0.05, 0) is 52.3 Å². The highest BCUT2D eigenvalue weighted by Crippen LogP contribution is 2.15. The van der Waals surface area contributed by atoms with Gasteiger partial charge in [0.25, 0.3) is 0 Å². The van der Waals surface area contributed by atoms with Gasteiger partial charge in [-0.2, -0.15) is 0 Å². The summed E-state index contributed by atoms with van der Waals surface area (Å²) in [6, 6.07) is 6.40. The van der Waals surface area contributed by atoms with Crippen LogP contribution >= 0.6 is 0 Å². The predicted octanol–water partition coefficient (Wildman–Crippen LogP) is 2.64. The number of carboxylic acid groups (broad SMARTS) is 1. The van der Waals surface area contributed by atoms with Gasteiger partial charge in [0, 0.05) is 6.54 Å². The highest BCUT2D eigenvalue weighted by molar-refractivity contribution is 5.77. The normalized spacial score (nSPS) is 11.9. The number of likely N-dealkylation sites (N-methyl/N-ethyl adjacent to an activating group) is 1. The van der Waals surface area contributed by atoms with Crippen molar-refractivity contribution in [3.05, 3.63) is 34.9 Å². The lowest BCUT2D eigenvalue weighted by atomic mass is 10.0. The first-order chi connectivity index (χ1) is 8.25. The minimum atomic E-state index is -0.821. The molecule has 100 valence electrons. The van der Waals surface area contributed by atoms with E-state index in [1.54, 1.807) is 13.8 Å². The largest absolute Gasteiger partial charge is 0.480 e. The molecule has 0 aliphatic rings. The predicted molar refractivity (Wildman–Crippen MR) is 74.0 cm³/mol. The molecule has 1 N–H and O–H groups in total. The van der Waals surface area contributed by atoms with Crippen LogP contribution < -0.4 is 0 Å². The fourth-order valence-electron chi connectivity index (χ4n) is 1.86. The zero-order chi connectivity index (χ0) is 13.9. The van der Waals surface area contributed by atoms with Gasteiger partial charge in [0.05, 0.1) is 0 Å².